The lowest BCUT2D eigenvalue weighted by atomic mass is 9.95. The summed E-state index contributed by atoms with van der Waals surface area (Å²) in [5.74, 6) is -1.50. The minimum Gasteiger partial charge on any atom is -0.503 e. The molecule has 3 aromatic carbocycles. The smallest absolute Gasteiger partial charge is 0.294 e. The fourth-order valence-electron chi connectivity index (χ4n) is 3.82. The van der Waals surface area contributed by atoms with Gasteiger partial charge in [-0.05, 0) is 41.5 Å². The predicted molar refractivity (Wildman–Crippen MR) is 126 cm³/mol. The van der Waals surface area contributed by atoms with E-state index in [-0.39, 0.29) is 11.3 Å². The molecule has 0 radical (unpaired) electrons. The summed E-state index contributed by atoms with van der Waals surface area (Å²) in [7, 11) is 1.51. The lowest BCUT2D eigenvalue weighted by molar-refractivity contribution is -0.384. The number of aliphatic hydroxyl groups is 1. The van der Waals surface area contributed by atoms with Gasteiger partial charge in [0.1, 0.15) is 5.75 Å². The highest BCUT2D eigenvalue weighted by Crippen LogP contribution is 2.42. The number of hydrogen-bond acceptors (Lipinski definition) is 6. The molecule has 170 valence electrons. The van der Waals surface area contributed by atoms with Crippen LogP contribution in [0.1, 0.15) is 17.2 Å². The molecule has 1 amide bonds. The van der Waals surface area contributed by atoms with Gasteiger partial charge in [-0.15, -0.1) is 0 Å². The Morgan fingerprint density at radius 3 is 2.41 bits per heavy atom. The van der Waals surface area contributed by atoms with Crippen molar-refractivity contribution in [2.24, 2.45) is 0 Å². The zero-order valence-corrected chi connectivity index (χ0v) is 18.1. The number of hydrogen-bond donors (Lipinski definition) is 1. The fourth-order valence-corrected chi connectivity index (χ4v) is 3.82. The molecule has 8 heteroatoms. The van der Waals surface area contributed by atoms with Crippen molar-refractivity contribution in [1.29, 1.82) is 0 Å². The van der Waals surface area contributed by atoms with Crippen LogP contribution < -0.4 is 9.64 Å². The van der Waals surface area contributed by atoms with Crippen molar-refractivity contribution < 1.29 is 24.4 Å². The van der Waals surface area contributed by atoms with Gasteiger partial charge in [0.2, 0.25) is 0 Å². The van der Waals surface area contributed by atoms with Gasteiger partial charge in [0.15, 0.2) is 11.5 Å². The van der Waals surface area contributed by atoms with Crippen molar-refractivity contribution in [3.8, 4) is 5.75 Å². The van der Waals surface area contributed by atoms with E-state index in [9.17, 15) is 24.8 Å². The van der Waals surface area contributed by atoms with Gasteiger partial charge in [0.25, 0.3) is 11.6 Å². The standard InChI is InChI=1S/C26H20N2O6/c1-34-21-13-11-19(12-14-21)27-24(18-8-5-9-20(16-18)28(32)33)23(25(30)26(27)31)22(29)15-10-17-6-3-2-4-7-17/h2-16,24,30H,1H3. The van der Waals surface area contributed by atoms with Crippen LogP contribution in [0, 0.1) is 10.1 Å². The largest absolute Gasteiger partial charge is 0.503 e. The van der Waals surface area contributed by atoms with Crippen molar-refractivity contribution in [2.45, 2.75) is 6.04 Å². The van der Waals surface area contributed by atoms with Crippen LogP contribution in [0.25, 0.3) is 6.08 Å². The van der Waals surface area contributed by atoms with E-state index in [1.807, 2.05) is 18.2 Å². The van der Waals surface area contributed by atoms with Crippen molar-refractivity contribution >= 4 is 29.1 Å². The zero-order valence-electron chi connectivity index (χ0n) is 18.1. The van der Waals surface area contributed by atoms with Crippen molar-refractivity contribution in [2.75, 3.05) is 12.0 Å². The number of allylic oxidation sites excluding steroid dienone is 1. The summed E-state index contributed by atoms with van der Waals surface area (Å²) in [5, 5.41) is 22.1. The van der Waals surface area contributed by atoms with Gasteiger partial charge < -0.3 is 9.84 Å². The second kappa shape index (κ2) is 9.41. The lowest BCUT2D eigenvalue weighted by Crippen LogP contribution is -2.30. The first-order chi connectivity index (χ1) is 16.4. The molecule has 8 nitrogen and oxygen atoms in total. The first-order valence-electron chi connectivity index (χ1n) is 10.3. The van der Waals surface area contributed by atoms with E-state index in [0.29, 0.717) is 17.0 Å². The number of anilines is 1. The maximum Gasteiger partial charge on any atom is 0.294 e. The highest BCUT2D eigenvalue weighted by Gasteiger charge is 2.44. The molecule has 0 aromatic heterocycles. The third kappa shape index (κ3) is 4.29. The second-order valence-corrected chi connectivity index (χ2v) is 7.50. The van der Waals surface area contributed by atoms with Crippen LogP contribution >= 0.6 is 0 Å². The Kier molecular flexibility index (Phi) is 6.22. The van der Waals surface area contributed by atoms with E-state index in [0.717, 1.165) is 5.56 Å². The van der Waals surface area contributed by atoms with E-state index in [1.54, 1.807) is 48.5 Å². The number of non-ortho nitro benzene ring substituents is 1. The van der Waals surface area contributed by atoms with Crippen molar-refractivity contribution in [1.82, 2.24) is 0 Å². The Bertz CT molecular complexity index is 1310. The molecule has 1 aliphatic rings. The molecule has 1 unspecified atom stereocenters. The highest BCUT2D eigenvalue weighted by atomic mass is 16.6. The molecule has 1 atom stereocenters. The zero-order chi connectivity index (χ0) is 24.2. The Morgan fingerprint density at radius 1 is 1.06 bits per heavy atom. The van der Waals surface area contributed by atoms with Gasteiger partial charge in [-0.1, -0.05) is 48.5 Å². The van der Waals surface area contributed by atoms with Crippen LogP contribution in [-0.2, 0) is 9.59 Å². The predicted octanol–water partition coefficient (Wildman–Crippen LogP) is 4.79. The summed E-state index contributed by atoms with van der Waals surface area (Å²) in [6.07, 6.45) is 2.85. The van der Waals surface area contributed by atoms with Gasteiger partial charge in [-0.25, -0.2) is 0 Å². The van der Waals surface area contributed by atoms with E-state index in [4.69, 9.17) is 4.74 Å². The Hall–Kier alpha value is -4.72. The van der Waals surface area contributed by atoms with Crippen molar-refractivity contribution in [3.63, 3.8) is 0 Å². The summed E-state index contributed by atoms with van der Waals surface area (Å²) in [4.78, 5) is 38.4. The van der Waals surface area contributed by atoms with Crippen LogP contribution in [0.3, 0.4) is 0 Å². The normalized spacial score (nSPS) is 15.7. The SMILES string of the molecule is COc1ccc(N2C(=O)C(O)=C(C(=O)C=Cc3ccccc3)C2c2cccc([N+](=O)[O-])c2)cc1. The molecular weight excluding hydrogens is 436 g/mol. The summed E-state index contributed by atoms with van der Waals surface area (Å²) in [6, 6.07) is 20.2. The molecule has 0 fully saturated rings. The monoisotopic (exact) mass is 456 g/mol. The first kappa shape index (κ1) is 22.5. The Labute approximate surface area is 195 Å². The molecule has 0 saturated heterocycles. The lowest BCUT2D eigenvalue weighted by Gasteiger charge is -2.26. The van der Waals surface area contributed by atoms with E-state index >= 15 is 0 Å². The van der Waals surface area contributed by atoms with Gasteiger partial charge in [-0.3, -0.25) is 24.6 Å². The van der Waals surface area contributed by atoms with Gasteiger partial charge >= 0.3 is 0 Å². The number of ether oxygens (including phenoxy) is 1. The number of benzene rings is 3. The van der Waals surface area contributed by atoms with Crippen LogP contribution in [0.5, 0.6) is 5.75 Å². The second-order valence-electron chi connectivity index (χ2n) is 7.50. The van der Waals surface area contributed by atoms with Gasteiger partial charge in [0.05, 0.1) is 23.6 Å². The fraction of sp³-hybridized carbons (Fsp3) is 0.0769. The highest BCUT2D eigenvalue weighted by molar-refractivity contribution is 6.19. The molecule has 0 spiro atoms. The number of carbonyl (C=O) groups excluding carboxylic acids is 2. The number of ketones is 1. The molecule has 0 aliphatic carbocycles. The topological polar surface area (TPSA) is 110 Å². The Morgan fingerprint density at radius 2 is 1.76 bits per heavy atom. The molecule has 0 bridgehead atoms. The first-order valence-corrected chi connectivity index (χ1v) is 10.3. The number of methoxy groups -OCH3 is 1. The molecule has 34 heavy (non-hydrogen) atoms. The minimum atomic E-state index is -1.06. The quantitative estimate of drug-likeness (QED) is 0.311. The number of nitro groups is 1. The summed E-state index contributed by atoms with van der Waals surface area (Å²) in [5.41, 5.74) is 1.12. The van der Waals surface area contributed by atoms with Crippen LogP contribution in [-0.4, -0.2) is 28.8 Å². The number of nitro benzene ring substituents is 1. The molecular formula is C26H20N2O6. The minimum absolute atomic E-state index is 0.159. The van der Waals surface area contributed by atoms with E-state index in [1.165, 1.54) is 36.3 Å². The average Bonchev–Trinajstić information content (AvgIpc) is 3.13. The third-order valence-corrected chi connectivity index (χ3v) is 5.45. The molecule has 1 aliphatic heterocycles. The van der Waals surface area contributed by atoms with Crippen LogP contribution in [0.15, 0.2) is 96.3 Å². The van der Waals surface area contributed by atoms with Crippen LogP contribution in [0.4, 0.5) is 11.4 Å². The van der Waals surface area contributed by atoms with Gasteiger partial charge in [-0.2, -0.15) is 0 Å². The number of rotatable bonds is 7. The molecule has 1 N–H and O–H groups in total. The van der Waals surface area contributed by atoms with Gasteiger partial charge in [0, 0.05) is 17.8 Å². The summed E-state index contributed by atoms with van der Waals surface area (Å²) in [6.45, 7) is 0. The third-order valence-electron chi connectivity index (χ3n) is 5.45. The number of nitrogens with zero attached hydrogens (tertiary/aromatic N) is 2. The number of amides is 1. The molecule has 3 aromatic rings. The summed E-state index contributed by atoms with van der Waals surface area (Å²) < 4.78 is 5.17. The van der Waals surface area contributed by atoms with Crippen molar-refractivity contribution in [3.05, 3.63) is 118 Å². The molecule has 4 rings (SSSR count). The summed E-state index contributed by atoms with van der Waals surface area (Å²) >= 11 is 0. The molecule has 1 heterocycles. The maximum absolute atomic E-state index is 13.2. The van der Waals surface area contributed by atoms with E-state index in [2.05, 4.69) is 0 Å². The number of aliphatic hydroxyl groups excluding tert-OH is 1. The molecule has 0 saturated carbocycles. The Balaban J connectivity index is 1.81. The van der Waals surface area contributed by atoms with Crippen LogP contribution in [0.2, 0.25) is 0 Å². The van der Waals surface area contributed by atoms with E-state index < -0.39 is 28.4 Å². The number of carbonyl (C=O) groups is 2. The maximum atomic E-state index is 13.2. The average molecular weight is 456 g/mol.